The zero-order valence-corrected chi connectivity index (χ0v) is 19.5. The highest BCUT2D eigenvalue weighted by molar-refractivity contribution is 7.89. The van der Waals surface area contributed by atoms with Crippen molar-refractivity contribution in [3.05, 3.63) is 40.8 Å². The highest BCUT2D eigenvalue weighted by Gasteiger charge is 2.24. The van der Waals surface area contributed by atoms with Gasteiger partial charge in [-0.25, -0.2) is 13.1 Å². The van der Waals surface area contributed by atoms with Gasteiger partial charge >= 0.3 is 5.97 Å². The van der Waals surface area contributed by atoms with Gasteiger partial charge in [0.05, 0.1) is 10.8 Å². The first-order chi connectivity index (χ1) is 15.7. The third-order valence-corrected chi connectivity index (χ3v) is 8.08. The third-order valence-electron chi connectivity index (χ3n) is 6.56. The number of piperidine rings is 1. The minimum Gasteiger partial charge on any atom is -0.481 e. The number of fused-ring (bicyclic) bond motifs is 3. The van der Waals surface area contributed by atoms with E-state index < -0.39 is 16.0 Å². The zero-order chi connectivity index (χ0) is 23.6. The van der Waals surface area contributed by atoms with Crippen molar-refractivity contribution >= 4 is 37.8 Å². The molecule has 3 aromatic rings. The van der Waals surface area contributed by atoms with Crippen molar-refractivity contribution in [3.63, 3.8) is 0 Å². The first-order valence-electron chi connectivity index (χ1n) is 11.3. The van der Waals surface area contributed by atoms with Crippen molar-refractivity contribution in [1.82, 2.24) is 19.6 Å². The highest BCUT2D eigenvalue weighted by atomic mass is 32.2. The Hall–Kier alpha value is -2.69. The fraction of sp³-hybridized carbons (Fsp3) is 0.478. The van der Waals surface area contributed by atoms with E-state index in [4.69, 9.17) is 5.11 Å². The maximum Gasteiger partial charge on any atom is 0.306 e. The third kappa shape index (κ3) is 5.29. The number of aromatic nitrogens is 2. The fourth-order valence-corrected chi connectivity index (χ4v) is 5.91. The number of carboxylic acids is 1. The summed E-state index contributed by atoms with van der Waals surface area (Å²) in [7, 11) is -1.56. The molecule has 1 aliphatic carbocycles. The SMILES string of the molecule is CN1CCC(NS(=O)(=O)c2ccc3[nH]c(=O)c4[nH]ccc4c3c2)CC1.O=C(O)C1CCCC1. The number of sulfonamides is 1. The molecule has 10 heteroatoms. The Morgan fingerprint density at radius 1 is 1.09 bits per heavy atom. The number of nitrogens with one attached hydrogen (secondary N) is 3. The van der Waals surface area contributed by atoms with Gasteiger partial charge < -0.3 is 20.0 Å². The van der Waals surface area contributed by atoms with E-state index in [1.807, 2.05) is 7.05 Å². The fourth-order valence-electron chi connectivity index (χ4n) is 4.58. The van der Waals surface area contributed by atoms with E-state index in [1.165, 1.54) is 6.07 Å². The molecule has 4 N–H and O–H groups in total. The van der Waals surface area contributed by atoms with Gasteiger partial charge in [-0.05, 0) is 70.1 Å². The van der Waals surface area contributed by atoms with E-state index in [2.05, 4.69) is 19.6 Å². The van der Waals surface area contributed by atoms with Crippen molar-refractivity contribution in [2.24, 2.45) is 5.92 Å². The maximum absolute atomic E-state index is 12.8. The van der Waals surface area contributed by atoms with Crippen LogP contribution in [-0.2, 0) is 14.8 Å². The molecule has 0 amide bonds. The summed E-state index contributed by atoms with van der Waals surface area (Å²) in [6, 6.07) is 6.55. The number of rotatable bonds is 4. The standard InChI is InChI=1S/C17H20N4O3S.C6H10O2/c1-21-8-5-11(6-9-21)20-25(23,24)12-2-3-15-14(10-12)13-4-7-18-16(13)17(22)19-15;7-6(8)5-3-1-2-4-5/h2-4,7,10-11,18,20H,5-6,8-9H2,1H3,(H,19,22);5H,1-4H2,(H,7,8). The maximum atomic E-state index is 12.8. The summed E-state index contributed by atoms with van der Waals surface area (Å²) in [6.07, 6.45) is 7.30. The van der Waals surface area contributed by atoms with Crippen LogP contribution in [0.15, 0.2) is 40.2 Å². The summed E-state index contributed by atoms with van der Waals surface area (Å²) >= 11 is 0. The van der Waals surface area contributed by atoms with Gasteiger partial charge in [-0.2, -0.15) is 0 Å². The minimum atomic E-state index is -3.60. The lowest BCUT2D eigenvalue weighted by Crippen LogP contribution is -2.43. The van der Waals surface area contributed by atoms with E-state index in [9.17, 15) is 18.0 Å². The van der Waals surface area contributed by atoms with Crippen molar-refractivity contribution in [2.75, 3.05) is 20.1 Å². The molecule has 9 nitrogen and oxygen atoms in total. The Kier molecular flexibility index (Phi) is 6.87. The normalized spacial score (nSPS) is 18.5. The molecular formula is C23H30N4O5S. The Bertz CT molecular complexity index is 1300. The van der Waals surface area contributed by atoms with Crippen LogP contribution in [0.4, 0.5) is 0 Å². The molecule has 1 aromatic carbocycles. The van der Waals surface area contributed by atoms with Gasteiger partial charge in [0.1, 0.15) is 5.52 Å². The van der Waals surface area contributed by atoms with E-state index >= 15 is 0 Å². The molecule has 1 saturated heterocycles. The number of benzene rings is 1. The Morgan fingerprint density at radius 2 is 1.79 bits per heavy atom. The molecule has 1 saturated carbocycles. The first-order valence-corrected chi connectivity index (χ1v) is 12.8. The second-order valence-corrected chi connectivity index (χ2v) is 10.7. The molecule has 0 radical (unpaired) electrons. The molecule has 0 atom stereocenters. The Labute approximate surface area is 192 Å². The number of hydrogen-bond acceptors (Lipinski definition) is 5. The Morgan fingerprint density at radius 3 is 2.42 bits per heavy atom. The molecular weight excluding hydrogens is 444 g/mol. The molecule has 2 aromatic heterocycles. The Balaban J connectivity index is 0.000000275. The van der Waals surface area contributed by atoms with Crippen LogP contribution in [0.1, 0.15) is 38.5 Å². The van der Waals surface area contributed by atoms with Gasteiger partial charge in [-0.3, -0.25) is 9.59 Å². The summed E-state index contributed by atoms with van der Waals surface area (Å²) < 4.78 is 28.3. The van der Waals surface area contributed by atoms with Crippen molar-refractivity contribution in [3.8, 4) is 0 Å². The molecule has 0 bridgehead atoms. The number of carbonyl (C=O) groups is 1. The van der Waals surface area contributed by atoms with Crippen LogP contribution in [-0.4, -0.2) is 60.5 Å². The molecule has 2 aliphatic rings. The second-order valence-electron chi connectivity index (χ2n) is 8.95. The van der Waals surface area contributed by atoms with Gasteiger partial charge in [0.15, 0.2) is 0 Å². The average Bonchev–Trinajstić information content (AvgIpc) is 3.48. The molecule has 5 rings (SSSR count). The number of nitrogens with zero attached hydrogens (tertiary/aromatic N) is 1. The van der Waals surface area contributed by atoms with Gasteiger partial charge in [0, 0.05) is 28.5 Å². The van der Waals surface area contributed by atoms with Crippen LogP contribution in [0, 0.1) is 5.92 Å². The first kappa shape index (κ1) is 23.5. The summed E-state index contributed by atoms with van der Waals surface area (Å²) in [5.41, 5.74) is 0.855. The second kappa shape index (κ2) is 9.66. The number of carboxylic acid groups (broad SMARTS) is 1. The van der Waals surface area contributed by atoms with Crippen molar-refractivity contribution in [2.45, 2.75) is 49.5 Å². The lowest BCUT2D eigenvalue weighted by Gasteiger charge is -2.29. The molecule has 2 fully saturated rings. The van der Waals surface area contributed by atoms with E-state index in [0.717, 1.165) is 57.0 Å². The van der Waals surface area contributed by atoms with Crippen LogP contribution in [0.5, 0.6) is 0 Å². The largest absolute Gasteiger partial charge is 0.481 e. The molecule has 33 heavy (non-hydrogen) atoms. The minimum absolute atomic E-state index is 0.0185. The average molecular weight is 475 g/mol. The predicted octanol–water partition coefficient (Wildman–Crippen LogP) is 2.64. The summed E-state index contributed by atoms with van der Waals surface area (Å²) in [5.74, 6) is -0.627. The zero-order valence-electron chi connectivity index (χ0n) is 18.6. The van der Waals surface area contributed by atoms with E-state index in [0.29, 0.717) is 16.4 Å². The van der Waals surface area contributed by atoms with E-state index in [1.54, 1.807) is 24.4 Å². The molecule has 1 aliphatic heterocycles. The molecule has 0 spiro atoms. The van der Waals surface area contributed by atoms with Gasteiger partial charge in [0.2, 0.25) is 10.0 Å². The molecule has 3 heterocycles. The smallest absolute Gasteiger partial charge is 0.306 e. The van der Waals surface area contributed by atoms with Gasteiger partial charge in [0.25, 0.3) is 5.56 Å². The summed E-state index contributed by atoms with van der Waals surface area (Å²) in [4.78, 5) is 30.3. The number of pyridine rings is 1. The van der Waals surface area contributed by atoms with Crippen LogP contribution < -0.4 is 10.3 Å². The number of likely N-dealkylation sites (tertiary alicyclic amines) is 1. The van der Waals surface area contributed by atoms with Gasteiger partial charge in [-0.15, -0.1) is 0 Å². The number of aliphatic carboxylic acids is 1. The van der Waals surface area contributed by atoms with Gasteiger partial charge in [-0.1, -0.05) is 12.8 Å². The predicted molar refractivity (Wildman–Crippen MR) is 127 cm³/mol. The number of H-pyrrole nitrogens is 2. The van der Waals surface area contributed by atoms with E-state index in [-0.39, 0.29) is 22.4 Å². The van der Waals surface area contributed by atoms with Crippen LogP contribution in [0.3, 0.4) is 0 Å². The van der Waals surface area contributed by atoms with Crippen LogP contribution in [0.25, 0.3) is 21.8 Å². The monoisotopic (exact) mass is 474 g/mol. The summed E-state index contributed by atoms with van der Waals surface area (Å²) in [5, 5.41) is 9.84. The lowest BCUT2D eigenvalue weighted by atomic mass is 10.1. The number of aromatic amines is 2. The van der Waals surface area contributed by atoms with Crippen molar-refractivity contribution in [1.29, 1.82) is 0 Å². The molecule has 0 unspecified atom stereocenters. The summed E-state index contributed by atoms with van der Waals surface area (Å²) in [6.45, 7) is 1.77. The van der Waals surface area contributed by atoms with Crippen LogP contribution >= 0.6 is 0 Å². The number of hydrogen-bond donors (Lipinski definition) is 4. The highest BCUT2D eigenvalue weighted by Crippen LogP contribution is 2.25. The topological polar surface area (TPSA) is 135 Å². The van der Waals surface area contributed by atoms with Crippen LogP contribution in [0.2, 0.25) is 0 Å². The molecule has 178 valence electrons. The lowest BCUT2D eigenvalue weighted by molar-refractivity contribution is -0.141. The quantitative estimate of drug-likeness (QED) is 0.459. The van der Waals surface area contributed by atoms with Crippen molar-refractivity contribution < 1.29 is 18.3 Å².